The third kappa shape index (κ3) is 3.53. The van der Waals surface area contributed by atoms with E-state index < -0.39 is 0 Å². The van der Waals surface area contributed by atoms with Crippen LogP contribution in [0.4, 0.5) is 4.39 Å². The molecule has 1 amide bonds. The van der Waals surface area contributed by atoms with E-state index in [0.717, 1.165) is 5.56 Å². The largest absolute Gasteiger partial charge is 0.493 e. The van der Waals surface area contributed by atoms with E-state index in [4.69, 9.17) is 4.74 Å². The Balaban J connectivity index is 2.46. The Morgan fingerprint density at radius 3 is 2.69 bits per heavy atom. The van der Waals surface area contributed by atoms with Crippen molar-refractivity contribution in [2.45, 2.75) is 13.3 Å². The van der Waals surface area contributed by atoms with E-state index in [-0.39, 0.29) is 11.7 Å². The molecule has 0 heterocycles. The smallest absolute Gasteiger partial charge is 0.225 e. The number of nitrogens with zero attached hydrogens (tertiary/aromatic N) is 1. The predicted octanol–water partition coefficient (Wildman–Crippen LogP) is 1.99. The SMILES string of the molecule is Cc1cc(F)ccc1OCCC(=O)N(C)C. The van der Waals surface area contributed by atoms with Crippen LogP contribution in [0.2, 0.25) is 0 Å². The summed E-state index contributed by atoms with van der Waals surface area (Å²) in [6.45, 7) is 2.08. The lowest BCUT2D eigenvalue weighted by Gasteiger charge is -2.12. The molecule has 0 fully saturated rings. The topological polar surface area (TPSA) is 29.5 Å². The molecular weight excluding hydrogens is 209 g/mol. The quantitative estimate of drug-likeness (QED) is 0.784. The standard InChI is InChI=1S/C12H16FNO2/c1-9-8-10(13)4-5-11(9)16-7-6-12(15)14(2)3/h4-5,8H,6-7H2,1-3H3. The van der Waals surface area contributed by atoms with Gasteiger partial charge in [-0.1, -0.05) is 0 Å². The maximum atomic E-state index is 12.8. The van der Waals surface area contributed by atoms with Gasteiger partial charge < -0.3 is 9.64 Å². The molecule has 0 radical (unpaired) electrons. The van der Waals surface area contributed by atoms with Gasteiger partial charge in [-0.25, -0.2) is 4.39 Å². The highest BCUT2D eigenvalue weighted by Gasteiger charge is 2.05. The van der Waals surface area contributed by atoms with Crippen LogP contribution in [0.3, 0.4) is 0 Å². The fourth-order valence-corrected chi connectivity index (χ4v) is 1.25. The average Bonchev–Trinajstić information content (AvgIpc) is 2.20. The average molecular weight is 225 g/mol. The predicted molar refractivity (Wildman–Crippen MR) is 59.9 cm³/mol. The first-order valence-corrected chi connectivity index (χ1v) is 5.10. The minimum atomic E-state index is -0.283. The van der Waals surface area contributed by atoms with Crippen molar-refractivity contribution in [3.8, 4) is 5.75 Å². The highest BCUT2D eigenvalue weighted by molar-refractivity contribution is 5.75. The van der Waals surface area contributed by atoms with Crippen LogP contribution in [0.25, 0.3) is 0 Å². The van der Waals surface area contributed by atoms with E-state index in [1.54, 1.807) is 27.1 Å². The summed E-state index contributed by atoms with van der Waals surface area (Å²) in [5, 5.41) is 0. The minimum Gasteiger partial charge on any atom is -0.493 e. The van der Waals surface area contributed by atoms with Gasteiger partial charge in [-0.05, 0) is 30.7 Å². The number of benzene rings is 1. The molecule has 0 bridgehead atoms. The van der Waals surface area contributed by atoms with Gasteiger partial charge in [0.25, 0.3) is 0 Å². The van der Waals surface area contributed by atoms with Crippen LogP contribution in [-0.2, 0) is 4.79 Å². The Labute approximate surface area is 94.8 Å². The monoisotopic (exact) mass is 225 g/mol. The zero-order chi connectivity index (χ0) is 12.1. The van der Waals surface area contributed by atoms with Gasteiger partial charge >= 0.3 is 0 Å². The number of rotatable bonds is 4. The van der Waals surface area contributed by atoms with Crippen LogP contribution in [0, 0.1) is 12.7 Å². The summed E-state index contributed by atoms with van der Waals surface area (Å²) in [7, 11) is 3.40. The van der Waals surface area contributed by atoms with Crippen LogP contribution in [0.5, 0.6) is 5.75 Å². The van der Waals surface area contributed by atoms with Crippen LogP contribution >= 0.6 is 0 Å². The highest BCUT2D eigenvalue weighted by Crippen LogP contribution is 2.18. The summed E-state index contributed by atoms with van der Waals surface area (Å²) in [6.07, 6.45) is 0.323. The van der Waals surface area contributed by atoms with Crippen molar-refractivity contribution in [2.75, 3.05) is 20.7 Å². The molecule has 0 atom stereocenters. The van der Waals surface area contributed by atoms with E-state index in [1.807, 2.05) is 0 Å². The highest BCUT2D eigenvalue weighted by atomic mass is 19.1. The first-order valence-electron chi connectivity index (χ1n) is 5.10. The maximum Gasteiger partial charge on any atom is 0.225 e. The van der Waals surface area contributed by atoms with Crippen LogP contribution in [-0.4, -0.2) is 31.5 Å². The first-order chi connectivity index (χ1) is 7.50. The van der Waals surface area contributed by atoms with Gasteiger partial charge in [-0.3, -0.25) is 4.79 Å². The molecule has 0 aliphatic heterocycles. The van der Waals surface area contributed by atoms with Gasteiger partial charge in [-0.2, -0.15) is 0 Å². The summed E-state index contributed by atoms with van der Waals surface area (Å²) < 4.78 is 18.2. The lowest BCUT2D eigenvalue weighted by Crippen LogP contribution is -2.23. The molecule has 1 aromatic carbocycles. The zero-order valence-corrected chi connectivity index (χ0v) is 9.79. The second-order valence-corrected chi connectivity index (χ2v) is 3.80. The van der Waals surface area contributed by atoms with Crippen molar-refractivity contribution < 1.29 is 13.9 Å². The fourth-order valence-electron chi connectivity index (χ4n) is 1.25. The summed E-state index contributed by atoms with van der Waals surface area (Å²) in [6, 6.07) is 4.32. The van der Waals surface area contributed by atoms with Crippen molar-refractivity contribution in [1.82, 2.24) is 4.90 Å². The van der Waals surface area contributed by atoms with Gasteiger partial charge in [-0.15, -0.1) is 0 Å². The Morgan fingerprint density at radius 2 is 2.12 bits per heavy atom. The lowest BCUT2D eigenvalue weighted by molar-refractivity contribution is -0.129. The van der Waals surface area contributed by atoms with Gasteiger partial charge in [0.05, 0.1) is 13.0 Å². The zero-order valence-electron chi connectivity index (χ0n) is 9.79. The molecule has 1 rings (SSSR count). The maximum absolute atomic E-state index is 12.8. The Morgan fingerprint density at radius 1 is 1.44 bits per heavy atom. The second-order valence-electron chi connectivity index (χ2n) is 3.80. The molecule has 4 heteroatoms. The molecule has 0 aliphatic carbocycles. The molecule has 0 unspecified atom stereocenters. The molecule has 0 aliphatic rings. The van der Waals surface area contributed by atoms with Gasteiger partial charge in [0, 0.05) is 14.1 Å². The summed E-state index contributed by atoms with van der Waals surface area (Å²) >= 11 is 0. The molecule has 16 heavy (non-hydrogen) atoms. The fraction of sp³-hybridized carbons (Fsp3) is 0.417. The third-order valence-corrected chi connectivity index (χ3v) is 2.21. The number of carbonyl (C=O) groups is 1. The molecule has 0 spiro atoms. The van der Waals surface area contributed by atoms with Crippen LogP contribution in [0.1, 0.15) is 12.0 Å². The summed E-state index contributed by atoms with van der Waals surface area (Å²) in [4.78, 5) is 12.8. The normalized spacial score (nSPS) is 10.0. The van der Waals surface area contributed by atoms with Crippen molar-refractivity contribution in [2.24, 2.45) is 0 Å². The number of ether oxygens (including phenoxy) is 1. The van der Waals surface area contributed by atoms with Gasteiger partial charge in [0.1, 0.15) is 11.6 Å². The summed E-state index contributed by atoms with van der Waals surface area (Å²) in [5.41, 5.74) is 0.734. The van der Waals surface area contributed by atoms with E-state index in [9.17, 15) is 9.18 Å². The molecule has 3 nitrogen and oxygen atoms in total. The van der Waals surface area contributed by atoms with E-state index in [2.05, 4.69) is 0 Å². The minimum absolute atomic E-state index is 0.0137. The molecule has 88 valence electrons. The molecule has 1 aromatic rings. The number of aryl methyl sites for hydroxylation is 1. The number of amides is 1. The van der Waals surface area contributed by atoms with E-state index >= 15 is 0 Å². The third-order valence-electron chi connectivity index (χ3n) is 2.21. The number of hydrogen-bond acceptors (Lipinski definition) is 2. The van der Waals surface area contributed by atoms with Gasteiger partial charge in [0.15, 0.2) is 0 Å². The van der Waals surface area contributed by atoms with Crippen molar-refractivity contribution in [3.05, 3.63) is 29.6 Å². The van der Waals surface area contributed by atoms with Crippen molar-refractivity contribution >= 4 is 5.91 Å². The Hall–Kier alpha value is -1.58. The Bertz CT molecular complexity index is 377. The molecule has 0 saturated heterocycles. The van der Waals surface area contributed by atoms with Crippen LogP contribution < -0.4 is 4.74 Å². The molecule has 0 N–H and O–H groups in total. The van der Waals surface area contributed by atoms with Crippen molar-refractivity contribution in [3.63, 3.8) is 0 Å². The number of halogens is 1. The van der Waals surface area contributed by atoms with Gasteiger partial charge in [0.2, 0.25) is 5.91 Å². The molecular formula is C12H16FNO2. The lowest BCUT2D eigenvalue weighted by atomic mass is 10.2. The Kier molecular flexibility index (Phi) is 4.28. The molecule has 0 aromatic heterocycles. The van der Waals surface area contributed by atoms with Crippen molar-refractivity contribution in [1.29, 1.82) is 0 Å². The summed E-state index contributed by atoms with van der Waals surface area (Å²) in [5.74, 6) is 0.349. The van der Waals surface area contributed by atoms with E-state index in [0.29, 0.717) is 18.8 Å². The molecule has 0 saturated carbocycles. The number of hydrogen-bond donors (Lipinski definition) is 0. The van der Waals surface area contributed by atoms with Crippen LogP contribution in [0.15, 0.2) is 18.2 Å². The van der Waals surface area contributed by atoms with E-state index in [1.165, 1.54) is 17.0 Å². The first kappa shape index (κ1) is 12.5. The number of carbonyl (C=O) groups excluding carboxylic acids is 1. The second kappa shape index (κ2) is 5.49.